The molecular formula is C10H11N3. The molecule has 0 bridgehead atoms. The molecule has 0 atom stereocenters. The number of hydrogen-bond donors (Lipinski definition) is 1. The normalized spacial score (nSPS) is 9.85. The monoisotopic (exact) mass is 173 g/mol. The van der Waals surface area contributed by atoms with Gasteiger partial charge in [-0.2, -0.15) is 0 Å². The number of hydrogen-bond acceptors (Lipinski definition) is 2. The molecule has 0 spiro atoms. The fraction of sp³-hybridized carbons (Fsp3) is 0.100. The van der Waals surface area contributed by atoms with E-state index in [-0.39, 0.29) is 0 Å². The smallest absolute Gasteiger partial charge is 0.0960 e. The van der Waals surface area contributed by atoms with E-state index >= 15 is 0 Å². The first-order chi connectivity index (χ1) is 6.45. The molecule has 66 valence electrons. The maximum atomic E-state index is 3.96. The van der Waals surface area contributed by atoms with E-state index in [2.05, 4.69) is 10.3 Å². The summed E-state index contributed by atoms with van der Waals surface area (Å²) in [5, 5.41) is 3.27. The lowest BCUT2D eigenvalue weighted by atomic mass is 10.3. The fourth-order valence-corrected chi connectivity index (χ4v) is 1.12. The van der Waals surface area contributed by atoms with Crippen molar-refractivity contribution in [2.24, 2.45) is 0 Å². The van der Waals surface area contributed by atoms with Gasteiger partial charge in [0.15, 0.2) is 0 Å². The van der Waals surface area contributed by atoms with Crippen LogP contribution >= 0.6 is 0 Å². The number of imidazole rings is 1. The van der Waals surface area contributed by atoms with Crippen LogP contribution in [-0.2, 0) is 6.67 Å². The first-order valence-electron chi connectivity index (χ1n) is 4.20. The minimum Gasteiger partial charge on any atom is -0.367 e. The van der Waals surface area contributed by atoms with Crippen LogP contribution < -0.4 is 5.32 Å². The number of rotatable bonds is 3. The van der Waals surface area contributed by atoms with Gasteiger partial charge in [-0.25, -0.2) is 4.98 Å². The predicted molar refractivity (Wildman–Crippen MR) is 52.3 cm³/mol. The van der Waals surface area contributed by atoms with Gasteiger partial charge in [0.25, 0.3) is 0 Å². The number of anilines is 1. The van der Waals surface area contributed by atoms with Crippen molar-refractivity contribution in [3.8, 4) is 0 Å². The third-order valence-electron chi connectivity index (χ3n) is 1.80. The van der Waals surface area contributed by atoms with Gasteiger partial charge in [0, 0.05) is 18.1 Å². The van der Waals surface area contributed by atoms with Crippen LogP contribution in [-0.4, -0.2) is 9.55 Å². The van der Waals surface area contributed by atoms with Crippen LogP contribution in [0.2, 0.25) is 0 Å². The second-order valence-electron chi connectivity index (χ2n) is 2.78. The van der Waals surface area contributed by atoms with Gasteiger partial charge in [-0.15, -0.1) is 0 Å². The topological polar surface area (TPSA) is 29.9 Å². The van der Waals surface area contributed by atoms with E-state index in [1.807, 2.05) is 41.1 Å². The lowest BCUT2D eigenvalue weighted by Crippen LogP contribution is -2.05. The third-order valence-corrected chi connectivity index (χ3v) is 1.80. The minimum atomic E-state index is 0.754. The van der Waals surface area contributed by atoms with Crippen molar-refractivity contribution in [2.75, 3.05) is 5.32 Å². The van der Waals surface area contributed by atoms with E-state index in [9.17, 15) is 0 Å². The Bertz CT molecular complexity index is 340. The van der Waals surface area contributed by atoms with Crippen LogP contribution in [0.25, 0.3) is 0 Å². The summed E-state index contributed by atoms with van der Waals surface area (Å²) in [5.41, 5.74) is 1.12. The number of nitrogens with one attached hydrogen (secondary N) is 1. The van der Waals surface area contributed by atoms with E-state index in [0.717, 1.165) is 12.4 Å². The van der Waals surface area contributed by atoms with Crippen molar-refractivity contribution < 1.29 is 0 Å². The highest BCUT2D eigenvalue weighted by Crippen LogP contribution is 2.04. The van der Waals surface area contributed by atoms with Gasteiger partial charge in [0.1, 0.15) is 0 Å². The highest BCUT2D eigenvalue weighted by atomic mass is 15.1. The van der Waals surface area contributed by atoms with Crippen molar-refractivity contribution >= 4 is 5.69 Å². The van der Waals surface area contributed by atoms with E-state index < -0.39 is 0 Å². The van der Waals surface area contributed by atoms with Crippen molar-refractivity contribution in [1.82, 2.24) is 9.55 Å². The maximum Gasteiger partial charge on any atom is 0.0960 e. The van der Waals surface area contributed by atoms with Crippen LogP contribution in [0.3, 0.4) is 0 Å². The van der Waals surface area contributed by atoms with E-state index in [1.165, 1.54) is 0 Å². The van der Waals surface area contributed by atoms with Gasteiger partial charge in [0.05, 0.1) is 13.0 Å². The van der Waals surface area contributed by atoms with Gasteiger partial charge >= 0.3 is 0 Å². The molecule has 3 nitrogen and oxygen atoms in total. The molecule has 2 rings (SSSR count). The molecule has 2 aromatic rings. The van der Waals surface area contributed by atoms with E-state index in [1.54, 1.807) is 12.5 Å². The Morgan fingerprint density at radius 3 is 2.77 bits per heavy atom. The van der Waals surface area contributed by atoms with Gasteiger partial charge < -0.3 is 9.88 Å². The van der Waals surface area contributed by atoms with Crippen molar-refractivity contribution in [3.63, 3.8) is 0 Å². The summed E-state index contributed by atoms with van der Waals surface area (Å²) in [4.78, 5) is 3.96. The summed E-state index contributed by atoms with van der Waals surface area (Å²) >= 11 is 0. The van der Waals surface area contributed by atoms with Crippen molar-refractivity contribution in [2.45, 2.75) is 6.67 Å². The molecule has 0 aliphatic carbocycles. The fourth-order valence-electron chi connectivity index (χ4n) is 1.12. The van der Waals surface area contributed by atoms with Gasteiger partial charge in [-0.05, 0) is 12.1 Å². The molecule has 0 aliphatic heterocycles. The first-order valence-corrected chi connectivity index (χ1v) is 4.20. The number of para-hydroxylation sites is 1. The molecule has 0 saturated carbocycles. The standard InChI is InChI=1S/C10H11N3/c1-2-4-10(5-3-1)12-9-13-7-6-11-8-13/h1-8,12H,9H2. The van der Waals surface area contributed by atoms with Gasteiger partial charge in [0.2, 0.25) is 0 Å². The molecule has 0 amide bonds. The Kier molecular flexibility index (Phi) is 2.27. The van der Waals surface area contributed by atoms with Gasteiger partial charge in [-0.3, -0.25) is 0 Å². The molecule has 0 fully saturated rings. The highest BCUT2D eigenvalue weighted by Gasteiger charge is 1.89. The van der Waals surface area contributed by atoms with Crippen molar-refractivity contribution in [3.05, 3.63) is 49.1 Å². The summed E-state index contributed by atoms with van der Waals surface area (Å²) in [6.45, 7) is 0.754. The molecule has 3 heteroatoms. The van der Waals surface area contributed by atoms with Crippen LogP contribution in [0.4, 0.5) is 5.69 Å². The maximum absolute atomic E-state index is 3.96. The van der Waals surface area contributed by atoms with Crippen LogP contribution in [0.15, 0.2) is 49.1 Å². The average molecular weight is 173 g/mol. The number of aromatic nitrogens is 2. The van der Waals surface area contributed by atoms with Crippen LogP contribution in [0.5, 0.6) is 0 Å². The average Bonchev–Trinajstić information content (AvgIpc) is 2.69. The van der Waals surface area contributed by atoms with Gasteiger partial charge in [-0.1, -0.05) is 18.2 Å². The predicted octanol–water partition coefficient (Wildman–Crippen LogP) is 1.95. The lowest BCUT2D eigenvalue weighted by Gasteiger charge is -2.05. The summed E-state index contributed by atoms with van der Waals surface area (Å²) in [6.07, 6.45) is 5.48. The van der Waals surface area contributed by atoms with E-state index in [0.29, 0.717) is 0 Å². The zero-order valence-corrected chi connectivity index (χ0v) is 7.22. The summed E-state index contributed by atoms with van der Waals surface area (Å²) in [7, 11) is 0. The second-order valence-corrected chi connectivity index (χ2v) is 2.78. The molecule has 1 aromatic heterocycles. The molecule has 1 aromatic carbocycles. The first kappa shape index (κ1) is 7.86. The van der Waals surface area contributed by atoms with Crippen LogP contribution in [0.1, 0.15) is 0 Å². The Hall–Kier alpha value is -1.77. The Morgan fingerprint density at radius 1 is 1.23 bits per heavy atom. The molecular weight excluding hydrogens is 162 g/mol. The summed E-state index contributed by atoms with van der Waals surface area (Å²) < 4.78 is 1.98. The summed E-state index contributed by atoms with van der Waals surface area (Å²) in [6, 6.07) is 10.1. The highest BCUT2D eigenvalue weighted by molar-refractivity contribution is 5.41. The minimum absolute atomic E-state index is 0.754. The Balaban J connectivity index is 1.94. The zero-order chi connectivity index (χ0) is 8.93. The quantitative estimate of drug-likeness (QED) is 0.768. The lowest BCUT2D eigenvalue weighted by molar-refractivity contribution is 0.774. The molecule has 0 saturated heterocycles. The molecule has 13 heavy (non-hydrogen) atoms. The SMILES string of the molecule is c1ccc(NCn2ccnc2)cc1. The summed E-state index contributed by atoms with van der Waals surface area (Å²) in [5.74, 6) is 0. The Morgan fingerprint density at radius 2 is 2.08 bits per heavy atom. The molecule has 0 radical (unpaired) electrons. The van der Waals surface area contributed by atoms with Crippen molar-refractivity contribution in [1.29, 1.82) is 0 Å². The largest absolute Gasteiger partial charge is 0.367 e. The second kappa shape index (κ2) is 3.76. The van der Waals surface area contributed by atoms with E-state index in [4.69, 9.17) is 0 Å². The molecule has 1 N–H and O–H groups in total. The molecule has 0 aliphatic rings. The Labute approximate surface area is 77.0 Å². The van der Waals surface area contributed by atoms with Crippen LogP contribution in [0, 0.1) is 0 Å². The number of benzene rings is 1. The zero-order valence-electron chi connectivity index (χ0n) is 7.22. The third kappa shape index (κ3) is 2.08. The number of nitrogens with zero attached hydrogens (tertiary/aromatic N) is 2. The molecule has 1 heterocycles. The molecule has 0 unspecified atom stereocenters.